The molecule has 6 heteroatoms. The van der Waals surface area contributed by atoms with E-state index in [0.29, 0.717) is 19.3 Å². The largest absolute Gasteiger partial charge is 0.462 e. The van der Waals surface area contributed by atoms with Crippen LogP contribution >= 0.6 is 0 Å². The number of carbonyl (C=O) groups is 3. The standard InChI is InChI=1S/C57H108O6/c1-4-7-10-13-16-19-22-25-28-31-34-37-40-43-46-49-55(58)61-52-54(63-57(60)51-48-45-42-39-36-33-30-27-24-21-18-15-12-9-6-3)53-62-56(59)50-47-44-41-38-35-32-29-26-23-20-17-14-11-8-5-2/h25,28,54H,4-24,26-27,29-53H2,1-3H3. The zero-order valence-corrected chi connectivity index (χ0v) is 42.6. The maximum absolute atomic E-state index is 12.8. The van der Waals surface area contributed by atoms with E-state index in [-0.39, 0.29) is 31.1 Å². The Hall–Kier alpha value is -1.85. The molecule has 0 rings (SSSR count). The number of esters is 3. The van der Waals surface area contributed by atoms with Gasteiger partial charge < -0.3 is 14.2 Å². The van der Waals surface area contributed by atoms with Crippen molar-refractivity contribution in [3.8, 4) is 0 Å². The van der Waals surface area contributed by atoms with Gasteiger partial charge in [0.25, 0.3) is 0 Å². The Kier molecular flexibility index (Phi) is 51.2. The third-order valence-corrected chi connectivity index (χ3v) is 12.8. The highest BCUT2D eigenvalue weighted by molar-refractivity contribution is 5.71. The Morgan fingerprint density at radius 2 is 0.524 bits per heavy atom. The molecule has 6 nitrogen and oxygen atoms in total. The zero-order valence-electron chi connectivity index (χ0n) is 42.6. The van der Waals surface area contributed by atoms with E-state index in [1.807, 2.05) is 0 Å². The SMILES string of the molecule is CCCCCCCCC=CCCCCCCCC(=O)OCC(COC(=O)CCCCCCCCCCCCCCCCC)OC(=O)CCCCCCCCCCCCCCCCC. The van der Waals surface area contributed by atoms with Crippen molar-refractivity contribution in [3.05, 3.63) is 12.2 Å². The van der Waals surface area contributed by atoms with Crippen molar-refractivity contribution in [2.75, 3.05) is 13.2 Å². The summed E-state index contributed by atoms with van der Waals surface area (Å²) in [6, 6.07) is 0. The van der Waals surface area contributed by atoms with Crippen molar-refractivity contribution in [1.29, 1.82) is 0 Å². The van der Waals surface area contributed by atoms with Gasteiger partial charge in [-0.2, -0.15) is 0 Å². The Morgan fingerprint density at radius 3 is 0.794 bits per heavy atom. The van der Waals surface area contributed by atoms with Gasteiger partial charge in [0.2, 0.25) is 0 Å². The summed E-state index contributed by atoms with van der Waals surface area (Å²) in [5, 5.41) is 0. The molecule has 0 aliphatic heterocycles. The van der Waals surface area contributed by atoms with E-state index in [9.17, 15) is 14.4 Å². The summed E-state index contributed by atoms with van der Waals surface area (Å²) in [5.74, 6) is -0.852. The average molecular weight is 889 g/mol. The van der Waals surface area contributed by atoms with Crippen LogP contribution in [0.25, 0.3) is 0 Å². The lowest BCUT2D eigenvalue weighted by Gasteiger charge is -2.18. The molecule has 0 aromatic heterocycles. The van der Waals surface area contributed by atoms with Gasteiger partial charge in [-0.15, -0.1) is 0 Å². The van der Waals surface area contributed by atoms with Crippen molar-refractivity contribution in [2.45, 2.75) is 322 Å². The molecule has 0 saturated heterocycles. The molecule has 0 aliphatic rings. The van der Waals surface area contributed by atoms with Crippen LogP contribution in [0.2, 0.25) is 0 Å². The van der Waals surface area contributed by atoms with Crippen LogP contribution in [0.1, 0.15) is 316 Å². The predicted octanol–water partition coefficient (Wildman–Crippen LogP) is 18.5. The highest BCUT2D eigenvalue weighted by Gasteiger charge is 2.19. The summed E-state index contributed by atoms with van der Waals surface area (Å²) in [6.07, 6.45) is 59.1. The third-order valence-electron chi connectivity index (χ3n) is 12.8. The van der Waals surface area contributed by atoms with Gasteiger partial charge in [-0.3, -0.25) is 14.4 Å². The van der Waals surface area contributed by atoms with E-state index < -0.39 is 6.10 Å². The average Bonchev–Trinajstić information content (AvgIpc) is 3.28. The lowest BCUT2D eigenvalue weighted by Crippen LogP contribution is -2.30. The Bertz CT molecular complexity index is 978. The second-order valence-corrected chi connectivity index (χ2v) is 19.2. The number of carbonyl (C=O) groups excluding carboxylic acids is 3. The van der Waals surface area contributed by atoms with Crippen LogP contribution in [0.3, 0.4) is 0 Å². The van der Waals surface area contributed by atoms with Crippen LogP contribution in [-0.2, 0) is 28.6 Å². The van der Waals surface area contributed by atoms with Gasteiger partial charge in [0, 0.05) is 19.3 Å². The van der Waals surface area contributed by atoms with Crippen LogP contribution in [0.15, 0.2) is 12.2 Å². The fourth-order valence-corrected chi connectivity index (χ4v) is 8.50. The zero-order chi connectivity index (χ0) is 45.8. The number of allylic oxidation sites excluding steroid dienone is 2. The number of hydrogen-bond acceptors (Lipinski definition) is 6. The molecular weight excluding hydrogens is 781 g/mol. The van der Waals surface area contributed by atoms with Gasteiger partial charge in [-0.1, -0.05) is 264 Å². The quantitative estimate of drug-likeness (QED) is 0.0262. The van der Waals surface area contributed by atoms with Crippen molar-refractivity contribution < 1.29 is 28.6 Å². The van der Waals surface area contributed by atoms with Gasteiger partial charge in [0.05, 0.1) is 0 Å². The van der Waals surface area contributed by atoms with E-state index in [0.717, 1.165) is 64.2 Å². The monoisotopic (exact) mass is 889 g/mol. The molecule has 0 amide bonds. The molecule has 1 unspecified atom stereocenters. The molecule has 0 N–H and O–H groups in total. The fourth-order valence-electron chi connectivity index (χ4n) is 8.50. The molecule has 0 saturated carbocycles. The molecule has 0 spiro atoms. The molecule has 0 aromatic carbocycles. The number of hydrogen-bond donors (Lipinski definition) is 0. The van der Waals surface area contributed by atoms with Crippen LogP contribution in [-0.4, -0.2) is 37.2 Å². The molecule has 0 fully saturated rings. The smallest absolute Gasteiger partial charge is 0.306 e. The molecule has 0 aromatic rings. The van der Waals surface area contributed by atoms with Crippen LogP contribution in [0.5, 0.6) is 0 Å². The van der Waals surface area contributed by atoms with Gasteiger partial charge in [0.1, 0.15) is 13.2 Å². The van der Waals surface area contributed by atoms with Gasteiger partial charge in [0.15, 0.2) is 6.10 Å². The lowest BCUT2D eigenvalue weighted by molar-refractivity contribution is -0.167. The van der Waals surface area contributed by atoms with Crippen molar-refractivity contribution in [3.63, 3.8) is 0 Å². The minimum Gasteiger partial charge on any atom is -0.462 e. The van der Waals surface area contributed by atoms with Crippen LogP contribution in [0, 0.1) is 0 Å². The summed E-state index contributed by atoms with van der Waals surface area (Å²) in [6.45, 7) is 6.68. The maximum atomic E-state index is 12.8. The number of rotatable bonds is 52. The van der Waals surface area contributed by atoms with E-state index in [1.165, 1.54) is 212 Å². The number of unbranched alkanes of at least 4 members (excludes halogenated alkanes) is 39. The minimum atomic E-state index is -0.767. The van der Waals surface area contributed by atoms with Crippen LogP contribution in [0.4, 0.5) is 0 Å². The Morgan fingerprint density at radius 1 is 0.302 bits per heavy atom. The Labute approximate surface area is 392 Å². The van der Waals surface area contributed by atoms with E-state index in [4.69, 9.17) is 14.2 Å². The first kappa shape index (κ1) is 61.1. The molecule has 0 aliphatic carbocycles. The molecule has 0 bridgehead atoms. The lowest BCUT2D eigenvalue weighted by atomic mass is 10.0. The molecular formula is C57H108O6. The van der Waals surface area contributed by atoms with Crippen molar-refractivity contribution in [1.82, 2.24) is 0 Å². The van der Waals surface area contributed by atoms with Gasteiger partial charge >= 0.3 is 17.9 Å². The molecule has 63 heavy (non-hydrogen) atoms. The van der Waals surface area contributed by atoms with E-state index in [2.05, 4.69) is 32.9 Å². The predicted molar refractivity (Wildman–Crippen MR) is 270 cm³/mol. The highest BCUT2D eigenvalue weighted by atomic mass is 16.6. The van der Waals surface area contributed by atoms with Crippen LogP contribution < -0.4 is 0 Å². The topological polar surface area (TPSA) is 78.9 Å². The molecule has 0 radical (unpaired) electrons. The molecule has 372 valence electrons. The number of ether oxygens (including phenoxy) is 3. The first-order chi connectivity index (χ1) is 31.0. The highest BCUT2D eigenvalue weighted by Crippen LogP contribution is 2.17. The van der Waals surface area contributed by atoms with Crippen molar-refractivity contribution >= 4 is 17.9 Å². The third kappa shape index (κ3) is 51.0. The van der Waals surface area contributed by atoms with Crippen molar-refractivity contribution in [2.24, 2.45) is 0 Å². The summed E-state index contributed by atoms with van der Waals surface area (Å²) in [7, 11) is 0. The fraction of sp³-hybridized carbons (Fsp3) is 0.912. The normalized spacial score (nSPS) is 12.0. The second kappa shape index (κ2) is 52.8. The minimum absolute atomic E-state index is 0.0666. The summed E-state index contributed by atoms with van der Waals surface area (Å²) >= 11 is 0. The first-order valence-corrected chi connectivity index (χ1v) is 28.2. The first-order valence-electron chi connectivity index (χ1n) is 28.2. The summed E-state index contributed by atoms with van der Waals surface area (Å²) in [5.41, 5.74) is 0. The summed E-state index contributed by atoms with van der Waals surface area (Å²) < 4.78 is 16.9. The Balaban J connectivity index is 4.33. The van der Waals surface area contributed by atoms with Gasteiger partial charge in [-0.25, -0.2) is 0 Å². The maximum Gasteiger partial charge on any atom is 0.306 e. The molecule has 0 heterocycles. The summed E-state index contributed by atoms with van der Waals surface area (Å²) in [4.78, 5) is 38.1. The van der Waals surface area contributed by atoms with Gasteiger partial charge in [-0.05, 0) is 44.9 Å². The van der Waals surface area contributed by atoms with E-state index in [1.54, 1.807) is 0 Å². The second-order valence-electron chi connectivity index (χ2n) is 19.2. The van der Waals surface area contributed by atoms with E-state index >= 15 is 0 Å². The molecule has 1 atom stereocenters.